The van der Waals surface area contributed by atoms with Gasteiger partial charge in [-0.15, -0.1) is 0 Å². The summed E-state index contributed by atoms with van der Waals surface area (Å²) in [6.45, 7) is 3.59. The number of nitrogens with one attached hydrogen (secondary N) is 1. The Kier molecular flexibility index (Phi) is 4.81. The maximum absolute atomic E-state index is 11.7. The number of carbonyl (C=O) groups excluding carboxylic acids is 1. The Balaban J connectivity index is 1.67. The number of ether oxygens (including phenoxy) is 1. The van der Waals surface area contributed by atoms with Crippen molar-refractivity contribution >= 4 is 34.4 Å². The summed E-state index contributed by atoms with van der Waals surface area (Å²) in [6, 6.07) is 5.83. The van der Waals surface area contributed by atoms with Gasteiger partial charge in [0.1, 0.15) is 12.1 Å². The maximum Gasteiger partial charge on any atom is 0.409 e. The third kappa shape index (κ3) is 3.64. The van der Waals surface area contributed by atoms with Gasteiger partial charge in [0.15, 0.2) is 0 Å². The van der Waals surface area contributed by atoms with Gasteiger partial charge in [-0.1, -0.05) is 11.6 Å². The van der Waals surface area contributed by atoms with Crippen molar-refractivity contribution in [2.75, 3.05) is 25.0 Å². The van der Waals surface area contributed by atoms with E-state index >= 15 is 0 Å². The Hall–Kier alpha value is -2.08. The zero-order valence-corrected chi connectivity index (χ0v) is 13.7. The van der Waals surface area contributed by atoms with E-state index in [1.807, 2.05) is 25.1 Å². The molecule has 1 amide bonds. The lowest BCUT2D eigenvalue weighted by Crippen LogP contribution is -2.42. The SMILES string of the molecule is CCOC(=O)N1CCC(Nc2ncnc3ccc(Cl)cc23)CC1. The lowest BCUT2D eigenvalue weighted by Gasteiger charge is -2.32. The first-order chi connectivity index (χ1) is 11.2. The molecule has 7 heteroatoms. The van der Waals surface area contributed by atoms with Crippen LogP contribution >= 0.6 is 11.6 Å². The average Bonchev–Trinajstić information content (AvgIpc) is 2.56. The van der Waals surface area contributed by atoms with Gasteiger partial charge in [0.2, 0.25) is 0 Å². The van der Waals surface area contributed by atoms with Crippen molar-refractivity contribution in [2.24, 2.45) is 0 Å². The summed E-state index contributed by atoms with van der Waals surface area (Å²) in [5.74, 6) is 0.784. The number of fused-ring (bicyclic) bond motifs is 1. The summed E-state index contributed by atoms with van der Waals surface area (Å²) in [5.41, 5.74) is 0.857. The van der Waals surface area contributed by atoms with E-state index in [2.05, 4.69) is 15.3 Å². The molecule has 0 unspecified atom stereocenters. The number of rotatable bonds is 3. The molecule has 1 aliphatic heterocycles. The van der Waals surface area contributed by atoms with Crippen LogP contribution in [0, 0.1) is 0 Å². The maximum atomic E-state index is 11.7. The van der Waals surface area contributed by atoms with E-state index in [-0.39, 0.29) is 12.1 Å². The smallest absolute Gasteiger partial charge is 0.409 e. The lowest BCUT2D eigenvalue weighted by atomic mass is 10.1. The van der Waals surface area contributed by atoms with Crippen LogP contribution in [0.1, 0.15) is 19.8 Å². The van der Waals surface area contributed by atoms with Crippen LogP contribution in [0.2, 0.25) is 5.02 Å². The van der Waals surface area contributed by atoms with Gasteiger partial charge in [0.05, 0.1) is 12.1 Å². The van der Waals surface area contributed by atoms with Gasteiger partial charge in [0, 0.05) is 29.5 Å². The molecule has 2 aromatic rings. The molecule has 122 valence electrons. The first-order valence-corrected chi connectivity index (χ1v) is 8.13. The second kappa shape index (κ2) is 7.00. The van der Waals surface area contributed by atoms with Crippen LogP contribution in [0.5, 0.6) is 0 Å². The Bertz CT molecular complexity index is 702. The molecule has 0 bridgehead atoms. The molecule has 3 rings (SSSR count). The number of hydrogen-bond acceptors (Lipinski definition) is 5. The van der Waals surface area contributed by atoms with E-state index in [0.717, 1.165) is 29.6 Å². The fourth-order valence-corrected chi connectivity index (χ4v) is 2.93. The summed E-state index contributed by atoms with van der Waals surface area (Å²) in [4.78, 5) is 22.1. The first-order valence-electron chi connectivity index (χ1n) is 7.76. The molecule has 0 spiro atoms. The number of aromatic nitrogens is 2. The average molecular weight is 335 g/mol. The predicted molar refractivity (Wildman–Crippen MR) is 89.8 cm³/mol. The van der Waals surface area contributed by atoms with E-state index in [1.54, 1.807) is 11.2 Å². The van der Waals surface area contributed by atoms with Crippen molar-refractivity contribution in [2.45, 2.75) is 25.8 Å². The minimum atomic E-state index is -0.231. The molecule has 1 N–H and O–H groups in total. The molecular formula is C16H19ClN4O2. The minimum absolute atomic E-state index is 0.231. The van der Waals surface area contributed by atoms with E-state index in [1.165, 1.54) is 0 Å². The highest BCUT2D eigenvalue weighted by Crippen LogP contribution is 2.25. The highest BCUT2D eigenvalue weighted by atomic mass is 35.5. The van der Waals surface area contributed by atoms with Crippen LogP contribution in [0.4, 0.5) is 10.6 Å². The number of likely N-dealkylation sites (tertiary alicyclic amines) is 1. The number of benzene rings is 1. The third-order valence-electron chi connectivity index (χ3n) is 3.96. The number of anilines is 1. The van der Waals surface area contributed by atoms with Crippen molar-refractivity contribution in [3.05, 3.63) is 29.5 Å². The minimum Gasteiger partial charge on any atom is -0.450 e. The second-order valence-electron chi connectivity index (χ2n) is 5.49. The number of halogens is 1. The van der Waals surface area contributed by atoms with Gasteiger partial charge >= 0.3 is 6.09 Å². The Morgan fingerprint density at radius 1 is 1.39 bits per heavy atom. The number of carbonyl (C=O) groups is 1. The molecular weight excluding hydrogens is 316 g/mol. The highest BCUT2D eigenvalue weighted by molar-refractivity contribution is 6.31. The van der Waals surface area contributed by atoms with E-state index in [4.69, 9.17) is 16.3 Å². The van der Waals surface area contributed by atoms with Crippen LogP contribution < -0.4 is 5.32 Å². The molecule has 0 saturated carbocycles. The molecule has 0 atom stereocenters. The summed E-state index contributed by atoms with van der Waals surface area (Å²) in [5, 5.41) is 5.02. The van der Waals surface area contributed by atoms with Gasteiger partial charge in [0.25, 0.3) is 0 Å². The van der Waals surface area contributed by atoms with Crippen molar-refractivity contribution in [1.29, 1.82) is 0 Å². The molecule has 0 aliphatic carbocycles. The number of nitrogens with zero attached hydrogens (tertiary/aromatic N) is 3. The zero-order valence-electron chi connectivity index (χ0n) is 13.0. The molecule has 1 fully saturated rings. The van der Waals surface area contributed by atoms with Gasteiger partial charge in [-0.2, -0.15) is 0 Å². The summed E-state index contributed by atoms with van der Waals surface area (Å²) >= 11 is 6.08. The molecule has 6 nitrogen and oxygen atoms in total. The van der Waals surface area contributed by atoms with Crippen molar-refractivity contribution in [3.63, 3.8) is 0 Å². The van der Waals surface area contributed by atoms with E-state index in [0.29, 0.717) is 24.7 Å². The van der Waals surface area contributed by atoms with Crippen LogP contribution in [0.15, 0.2) is 24.5 Å². The fourth-order valence-electron chi connectivity index (χ4n) is 2.76. The second-order valence-corrected chi connectivity index (χ2v) is 5.92. The predicted octanol–water partition coefficient (Wildman–Crippen LogP) is 3.32. The summed E-state index contributed by atoms with van der Waals surface area (Å²) < 4.78 is 5.04. The third-order valence-corrected chi connectivity index (χ3v) is 4.19. The Morgan fingerprint density at radius 2 is 2.17 bits per heavy atom. The molecule has 1 aromatic carbocycles. The summed E-state index contributed by atoms with van der Waals surface area (Å²) in [7, 11) is 0. The van der Waals surface area contributed by atoms with Crippen LogP contribution in [-0.2, 0) is 4.74 Å². The molecule has 1 saturated heterocycles. The Morgan fingerprint density at radius 3 is 2.91 bits per heavy atom. The molecule has 0 radical (unpaired) electrons. The lowest BCUT2D eigenvalue weighted by molar-refractivity contribution is 0.0983. The van der Waals surface area contributed by atoms with Crippen molar-refractivity contribution in [1.82, 2.24) is 14.9 Å². The fraction of sp³-hybridized carbons (Fsp3) is 0.438. The molecule has 1 aliphatic rings. The molecule has 2 heterocycles. The van der Waals surface area contributed by atoms with Crippen LogP contribution in [0.25, 0.3) is 10.9 Å². The quantitative estimate of drug-likeness (QED) is 0.932. The van der Waals surface area contributed by atoms with Crippen molar-refractivity contribution in [3.8, 4) is 0 Å². The van der Waals surface area contributed by atoms with E-state index < -0.39 is 0 Å². The van der Waals surface area contributed by atoms with Crippen LogP contribution in [-0.4, -0.2) is 46.7 Å². The van der Waals surface area contributed by atoms with Gasteiger partial charge < -0.3 is 15.0 Å². The normalized spacial score (nSPS) is 15.7. The number of piperidine rings is 1. The molecule has 1 aromatic heterocycles. The van der Waals surface area contributed by atoms with Gasteiger partial charge in [-0.05, 0) is 38.0 Å². The highest BCUT2D eigenvalue weighted by Gasteiger charge is 2.24. The number of hydrogen-bond donors (Lipinski definition) is 1. The summed E-state index contributed by atoms with van der Waals surface area (Å²) in [6.07, 6.45) is 3.02. The van der Waals surface area contributed by atoms with Crippen molar-refractivity contribution < 1.29 is 9.53 Å². The van der Waals surface area contributed by atoms with E-state index in [9.17, 15) is 4.79 Å². The van der Waals surface area contributed by atoms with Gasteiger partial charge in [-0.25, -0.2) is 14.8 Å². The van der Waals surface area contributed by atoms with Crippen LogP contribution in [0.3, 0.4) is 0 Å². The van der Waals surface area contributed by atoms with Gasteiger partial charge in [-0.3, -0.25) is 0 Å². The largest absolute Gasteiger partial charge is 0.450 e. The monoisotopic (exact) mass is 334 g/mol. The topological polar surface area (TPSA) is 67.3 Å². The standard InChI is InChI=1S/C16H19ClN4O2/c1-2-23-16(22)21-7-5-12(6-8-21)20-15-13-9-11(17)3-4-14(13)18-10-19-15/h3-4,9-10,12H,2,5-8H2,1H3,(H,18,19,20). The Labute approximate surface area is 139 Å². The number of amides is 1. The molecule has 23 heavy (non-hydrogen) atoms. The first kappa shape index (κ1) is 15.8. The zero-order chi connectivity index (χ0) is 16.2.